The zero-order valence-corrected chi connectivity index (χ0v) is 13.5. The number of rotatable bonds is 5. The number of carbonyl (C=O) groups is 1. The van der Waals surface area contributed by atoms with Crippen LogP contribution in [0.2, 0.25) is 5.02 Å². The molecule has 0 aliphatic heterocycles. The molecule has 0 saturated heterocycles. The van der Waals surface area contributed by atoms with Crippen LogP contribution in [0.5, 0.6) is 5.75 Å². The van der Waals surface area contributed by atoms with Crippen molar-refractivity contribution in [2.45, 2.75) is 11.8 Å². The minimum atomic E-state index is -3.86. The highest BCUT2D eigenvalue weighted by Gasteiger charge is 2.19. The van der Waals surface area contributed by atoms with E-state index in [1.165, 1.54) is 38.3 Å². The molecule has 0 fully saturated rings. The van der Waals surface area contributed by atoms with Crippen LogP contribution < -0.4 is 9.46 Å². The standard InChI is InChI=1S/C15H14ClNO4S/c1-10(18)11-4-3-5-12(8-11)17-22(19,20)15-7-6-13(21-2)9-14(15)16/h3-9,17H,1-2H3. The number of anilines is 1. The van der Waals surface area contributed by atoms with E-state index in [4.69, 9.17) is 16.3 Å². The molecule has 0 radical (unpaired) electrons. The van der Waals surface area contributed by atoms with E-state index in [-0.39, 0.29) is 15.7 Å². The van der Waals surface area contributed by atoms with E-state index in [0.29, 0.717) is 17.0 Å². The Bertz CT molecular complexity index is 818. The van der Waals surface area contributed by atoms with Gasteiger partial charge in [0.1, 0.15) is 10.6 Å². The van der Waals surface area contributed by atoms with Crippen LogP contribution in [-0.2, 0) is 10.0 Å². The summed E-state index contributed by atoms with van der Waals surface area (Å²) in [7, 11) is -2.40. The van der Waals surface area contributed by atoms with Crippen LogP contribution in [0.25, 0.3) is 0 Å². The molecule has 0 amide bonds. The average molecular weight is 340 g/mol. The van der Waals surface area contributed by atoms with Crippen molar-refractivity contribution in [3.63, 3.8) is 0 Å². The molecule has 0 aromatic heterocycles. The van der Waals surface area contributed by atoms with Crippen molar-refractivity contribution >= 4 is 33.1 Å². The molecule has 5 nitrogen and oxygen atoms in total. The number of Topliss-reactive ketones (excluding diaryl/α,β-unsaturated/α-hetero) is 1. The minimum absolute atomic E-state index is 0.0505. The molecule has 116 valence electrons. The quantitative estimate of drug-likeness (QED) is 0.848. The summed E-state index contributed by atoms with van der Waals surface area (Å²) >= 11 is 5.99. The highest BCUT2D eigenvalue weighted by Crippen LogP contribution is 2.27. The van der Waals surface area contributed by atoms with Crippen molar-refractivity contribution in [2.75, 3.05) is 11.8 Å². The zero-order chi connectivity index (χ0) is 16.3. The smallest absolute Gasteiger partial charge is 0.263 e. The van der Waals surface area contributed by atoms with E-state index in [1.54, 1.807) is 18.2 Å². The van der Waals surface area contributed by atoms with Crippen molar-refractivity contribution in [2.24, 2.45) is 0 Å². The molecule has 7 heteroatoms. The molecule has 0 unspecified atom stereocenters. The zero-order valence-electron chi connectivity index (χ0n) is 12.0. The first kappa shape index (κ1) is 16.3. The number of methoxy groups -OCH3 is 1. The van der Waals surface area contributed by atoms with Gasteiger partial charge in [-0.3, -0.25) is 9.52 Å². The fourth-order valence-electron chi connectivity index (χ4n) is 1.84. The lowest BCUT2D eigenvalue weighted by molar-refractivity contribution is 0.101. The number of benzene rings is 2. The van der Waals surface area contributed by atoms with Gasteiger partial charge in [-0.2, -0.15) is 0 Å². The first-order valence-electron chi connectivity index (χ1n) is 6.31. The van der Waals surface area contributed by atoms with E-state index < -0.39 is 10.0 Å². The van der Waals surface area contributed by atoms with Gasteiger partial charge in [-0.15, -0.1) is 0 Å². The Morgan fingerprint density at radius 1 is 1.18 bits per heavy atom. The second-order valence-corrected chi connectivity index (χ2v) is 6.60. The van der Waals surface area contributed by atoms with Gasteiger partial charge in [0, 0.05) is 17.3 Å². The van der Waals surface area contributed by atoms with Gasteiger partial charge in [-0.25, -0.2) is 8.42 Å². The van der Waals surface area contributed by atoms with Crippen molar-refractivity contribution in [3.8, 4) is 5.75 Å². The van der Waals surface area contributed by atoms with E-state index in [9.17, 15) is 13.2 Å². The number of ether oxygens (including phenoxy) is 1. The molecule has 1 N–H and O–H groups in total. The molecule has 0 saturated carbocycles. The van der Waals surface area contributed by atoms with Crippen molar-refractivity contribution in [3.05, 3.63) is 53.1 Å². The highest BCUT2D eigenvalue weighted by atomic mass is 35.5. The first-order chi connectivity index (χ1) is 10.3. The summed E-state index contributed by atoms with van der Waals surface area (Å²) in [6.07, 6.45) is 0. The minimum Gasteiger partial charge on any atom is -0.497 e. The fourth-order valence-corrected chi connectivity index (χ4v) is 3.42. The molecule has 0 aliphatic rings. The van der Waals surface area contributed by atoms with Crippen LogP contribution in [0, 0.1) is 0 Å². The predicted octanol–water partition coefficient (Wildman–Crippen LogP) is 3.35. The maximum absolute atomic E-state index is 12.4. The lowest BCUT2D eigenvalue weighted by atomic mass is 10.1. The van der Waals surface area contributed by atoms with Crippen molar-refractivity contribution in [1.82, 2.24) is 0 Å². The third-order valence-electron chi connectivity index (χ3n) is 2.95. The van der Waals surface area contributed by atoms with Crippen LogP contribution in [0.3, 0.4) is 0 Å². The molecule has 0 heterocycles. The van der Waals surface area contributed by atoms with Crippen molar-refractivity contribution < 1.29 is 17.9 Å². The average Bonchev–Trinajstić information content (AvgIpc) is 2.46. The van der Waals surface area contributed by atoms with Gasteiger partial charge >= 0.3 is 0 Å². The summed E-state index contributed by atoms with van der Waals surface area (Å²) in [6, 6.07) is 10.5. The van der Waals surface area contributed by atoms with Gasteiger partial charge in [-0.1, -0.05) is 23.7 Å². The van der Waals surface area contributed by atoms with E-state index >= 15 is 0 Å². The maximum Gasteiger partial charge on any atom is 0.263 e. The Balaban J connectivity index is 2.36. The van der Waals surface area contributed by atoms with Gasteiger partial charge in [-0.05, 0) is 31.2 Å². The molecule has 0 bridgehead atoms. The number of sulfonamides is 1. The number of carbonyl (C=O) groups excluding carboxylic acids is 1. The number of hydrogen-bond acceptors (Lipinski definition) is 4. The second-order valence-electron chi connectivity index (χ2n) is 4.54. The van der Waals surface area contributed by atoms with Crippen LogP contribution in [0.1, 0.15) is 17.3 Å². The van der Waals surface area contributed by atoms with E-state index in [1.807, 2.05) is 0 Å². The van der Waals surface area contributed by atoms with Crippen LogP contribution in [0.15, 0.2) is 47.4 Å². The topological polar surface area (TPSA) is 72.5 Å². The van der Waals surface area contributed by atoms with Gasteiger partial charge in [0.25, 0.3) is 10.0 Å². The molecule has 0 aliphatic carbocycles. The molecule has 0 spiro atoms. The molecular formula is C15H14ClNO4S. The summed E-state index contributed by atoms with van der Waals surface area (Å²) in [5.41, 5.74) is 0.709. The monoisotopic (exact) mass is 339 g/mol. The molecule has 2 rings (SSSR count). The van der Waals surface area contributed by atoms with E-state index in [2.05, 4.69) is 4.72 Å². The largest absolute Gasteiger partial charge is 0.497 e. The lowest BCUT2D eigenvalue weighted by Gasteiger charge is -2.11. The molecule has 2 aromatic rings. The summed E-state index contributed by atoms with van der Waals surface area (Å²) in [6.45, 7) is 1.41. The van der Waals surface area contributed by atoms with Gasteiger partial charge in [0.2, 0.25) is 0 Å². The molecule has 0 atom stereocenters. The Kier molecular flexibility index (Phi) is 4.73. The van der Waals surface area contributed by atoms with Crippen LogP contribution in [0.4, 0.5) is 5.69 Å². The van der Waals surface area contributed by atoms with Crippen molar-refractivity contribution in [1.29, 1.82) is 0 Å². The Morgan fingerprint density at radius 2 is 1.91 bits per heavy atom. The van der Waals surface area contributed by atoms with Crippen LogP contribution in [-0.4, -0.2) is 21.3 Å². The Hall–Kier alpha value is -2.05. The van der Waals surface area contributed by atoms with E-state index in [0.717, 1.165) is 0 Å². The van der Waals surface area contributed by atoms with Gasteiger partial charge in [0.05, 0.1) is 12.1 Å². The van der Waals surface area contributed by atoms with Gasteiger partial charge < -0.3 is 4.74 Å². The summed E-state index contributed by atoms with van der Waals surface area (Å²) in [5.74, 6) is 0.311. The third kappa shape index (κ3) is 3.58. The lowest BCUT2D eigenvalue weighted by Crippen LogP contribution is -2.13. The number of nitrogens with one attached hydrogen (secondary N) is 1. The SMILES string of the molecule is COc1ccc(S(=O)(=O)Nc2cccc(C(C)=O)c2)c(Cl)c1. The van der Waals surface area contributed by atoms with Crippen LogP contribution >= 0.6 is 11.6 Å². The molecular weight excluding hydrogens is 326 g/mol. The number of halogens is 1. The second kappa shape index (κ2) is 6.37. The summed E-state index contributed by atoms with van der Waals surface area (Å²) in [5, 5.41) is 0.0505. The normalized spacial score (nSPS) is 11.0. The predicted molar refractivity (Wildman–Crippen MR) is 85.3 cm³/mol. The molecule has 22 heavy (non-hydrogen) atoms. The molecule has 2 aromatic carbocycles. The Morgan fingerprint density at radius 3 is 2.50 bits per heavy atom. The number of hydrogen-bond donors (Lipinski definition) is 1. The Labute approximate surface area is 133 Å². The highest BCUT2D eigenvalue weighted by molar-refractivity contribution is 7.92. The summed E-state index contributed by atoms with van der Waals surface area (Å²) in [4.78, 5) is 11.3. The third-order valence-corrected chi connectivity index (χ3v) is 4.81. The maximum atomic E-state index is 12.4. The fraction of sp³-hybridized carbons (Fsp3) is 0.133. The first-order valence-corrected chi connectivity index (χ1v) is 8.17. The number of ketones is 1. The van der Waals surface area contributed by atoms with Gasteiger partial charge in [0.15, 0.2) is 5.78 Å². The summed E-state index contributed by atoms with van der Waals surface area (Å²) < 4.78 is 32.2.